The number of nitrogens with zero attached hydrogens (tertiary/aromatic N) is 1. The lowest BCUT2D eigenvalue weighted by molar-refractivity contribution is -0.126. The predicted molar refractivity (Wildman–Crippen MR) is 104 cm³/mol. The van der Waals surface area contributed by atoms with E-state index in [4.69, 9.17) is 0 Å². The quantitative estimate of drug-likeness (QED) is 0.916. The highest BCUT2D eigenvalue weighted by Crippen LogP contribution is 2.31. The molecule has 1 heterocycles. The first-order valence-corrected chi connectivity index (χ1v) is 9.07. The molecule has 3 rings (SSSR count). The van der Waals surface area contributed by atoms with Gasteiger partial charge in [-0.1, -0.05) is 42.0 Å². The van der Waals surface area contributed by atoms with Gasteiger partial charge in [-0.2, -0.15) is 0 Å². The second kappa shape index (κ2) is 7.32. The number of benzene rings is 2. The molecule has 1 atom stereocenters. The van der Waals surface area contributed by atoms with Gasteiger partial charge in [0.15, 0.2) is 0 Å². The molecular weight excluding hydrogens is 324 g/mol. The normalized spacial score (nSPS) is 16.8. The van der Waals surface area contributed by atoms with E-state index in [1.165, 1.54) is 5.56 Å². The molecule has 0 spiro atoms. The highest BCUT2D eigenvalue weighted by Gasteiger charge is 2.36. The molecular formula is C22H26N2O2. The molecule has 0 saturated carbocycles. The predicted octanol–water partition coefficient (Wildman–Crippen LogP) is 3.59. The first-order chi connectivity index (χ1) is 12.4. The Morgan fingerprint density at radius 3 is 2.38 bits per heavy atom. The van der Waals surface area contributed by atoms with Crippen molar-refractivity contribution in [3.8, 4) is 0 Å². The Morgan fingerprint density at radius 1 is 1.08 bits per heavy atom. The van der Waals surface area contributed by atoms with Crippen LogP contribution in [0.3, 0.4) is 0 Å². The van der Waals surface area contributed by atoms with Gasteiger partial charge in [0, 0.05) is 25.2 Å². The molecule has 1 saturated heterocycles. The molecule has 1 aliphatic rings. The number of hydrogen-bond donors (Lipinski definition) is 1. The van der Waals surface area contributed by atoms with E-state index in [2.05, 4.69) is 24.4 Å². The van der Waals surface area contributed by atoms with Gasteiger partial charge in [-0.25, -0.2) is 0 Å². The second-order valence-corrected chi connectivity index (χ2v) is 7.30. The molecule has 0 radical (unpaired) electrons. The van der Waals surface area contributed by atoms with Crippen molar-refractivity contribution < 1.29 is 9.59 Å². The van der Waals surface area contributed by atoms with E-state index < -0.39 is 0 Å². The molecule has 136 valence electrons. The van der Waals surface area contributed by atoms with Gasteiger partial charge in [0.2, 0.25) is 11.8 Å². The van der Waals surface area contributed by atoms with Crippen molar-refractivity contribution in [2.45, 2.75) is 40.7 Å². The first-order valence-electron chi connectivity index (χ1n) is 9.07. The Kier molecular flexibility index (Phi) is 5.12. The fourth-order valence-electron chi connectivity index (χ4n) is 3.83. The Balaban J connectivity index is 1.70. The molecule has 2 amide bonds. The van der Waals surface area contributed by atoms with Crippen molar-refractivity contribution in [3.05, 3.63) is 64.2 Å². The van der Waals surface area contributed by atoms with Crippen molar-refractivity contribution in [3.63, 3.8) is 0 Å². The van der Waals surface area contributed by atoms with Crippen LogP contribution in [-0.2, 0) is 16.1 Å². The molecule has 2 aromatic carbocycles. The fourth-order valence-corrected chi connectivity index (χ4v) is 3.83. The minimum absolute atomic E-state index is 0.0242. The summed E-state index contributed by atoms with van der Waals surface area (Å²) in [5.74, 6) is -0.325. The average molecular weight is 350 g/mol. The van der Waals surface area contributed by atoms with Crippen molar-refractivity contribution in [2.75, 3.05) is 11.4 Å². The maximum absolute atomic E-state index is 12.6. The lowest BCUT2D eigenvalue weighted by atomic mass is 10.0. The van der Waals surface area contributed by atoms with Crippen LogP contribution >= 0.6 is 0 Å². The summed E-state index contributed by atoms with van der Waals surface area (Å²) in [4.78, 5) is 26.9. The number of hydrogen-bond acceptors (Lipinski definition) is 2. The molecule has 4 nitrogen and oxygen atoms in total. The number of carbonyl (C=O) groups is 2. The molecule has 1 aliphatic heterocycles. The minimum Gasteiger partial charge on any atom is -0.352 e. The van der Waals surface area contributed by atoms with E-state index in [1.54, 1.807) is 4.90 Å². The maximum atomic E-state index is 12.6. The van der Waals surface area contributed by atoms with E-state index in [0.29, 0.717) is 13.1 Å². The Labute approximate surface area is 155 Å². The van der Waals surface area contributed by atoms with Crippen LogP contribution in [0.5, 0.6) is 0 Å². The first kappa shape index (κ1) is 18.2. The van der Waals surface area contributed by atoms with E-state index in [0.717, 1.165) is 27.9 Å². The van der Waals surface area contributed by atoms with E-state index in [-0.39, 0.29) is 24.2 Å². The van der Waals surface area contributed by atoms with Crippen LogP contribution < -0.4 is 10.2 Å². The van der Waals surface area contributed by atoms with Crippen LogP contribution in [0.2, 0.25) is 0 Å². The number of rotatable bonds is 4. The molecule has 1 N–H and O–H groups in total. The van der Waals surface area contributed by atoms with Crippen molar-refractivity contribution in [1.29, 1.82) is 0 Å². The van der Waals surface area contributed by atoms with Gasteiger partial charge in [0.05, 0.1) is 5.92 Å². The molecule has 1 fully saturated rings. The topological polar surface area (TPSA) is 49.4 Å². The van der Waals surface area contributed by atoms with Crippen LogP contribution in [0.25, 0.3) is 0 Å². The van der Waals surface area contributed by atoms with Crippen molar-refractivity contribution >= 4 is 17.5 Å². The zero-order chi connectivity index (χ0) is 18.8. The lowest BCUT2D eigenvalue weighted by Gasteiger charge is -2.22. The molecule has 4 heteroatoms. The minimum atomic E-state index is -0.299. The molecule has 0 aromatic heterocycles. The van der Waals surface area contributed by atoms with Crippen LogP contribution in [-0.4, -0.2) is 18.4 Å². The third kappa shape index (κ3) is 3.64. The fraction of sp³-hybridized carbons (Fsp3) is 0.364. The van der Waals surface area contributed by atoms with Gasteiger partial charge in [0.25, 0.3) is 0 Å². The summed E-state index contributed by atoms with van der Waals surface area (Å²) >= 11 is 0. The number of carbonyl (C=O) groups excluding carboxylic acids is 2. The van der Waals surface area contributed by atoms with Crippen molar-refractivity contribution in [1.82, 2.24) is 5.32 Å². The number of nitrogens with one attached hydrogen (secondary N) is 1. The summed E-state index contributed by atoms with van der Waals surface area (Å²) in [7, 11) is 0. The summed E-state index contributed by atoms with van der Waals surface area (Å²) in [6.07, 6.45) is 0.270. The van der Waals surface area contributed by atoms with Gasteiger partial charge < -0.3 is 10.2 Å². The maximum Gasteiger partial charge on any atom is 0.227 e. The SMILES string of the molecule is Cc1cc(C)c(N2CC(C(=O)NCc3ccccc3C)CC2=O)c(C)c1. The van der Waals surface area contributed by atoms with Crippen LogP contribution in [0.4, 0.5) is 5.69 Å². The van der Waals surface area contributed by atoms with Crippen LogP contribution in [0.1, 0.15) is 34.2 Å². The van der Waals surface area contributed by atoms with E-state index in [9.17, 15) is 9.59 Å². The highest BCUT2D eigenvalue weighted by atomic mass is 16.2. The Hall–Kier alpha value is -2.62. The summed E-state index contributed by atoms with van der Waals surface area (Å²) in [6, 6.07) is 12.2. The third-order valence-corrected chi connectivity index (χ3v) is 5.12. The summed E-state index contributed by atoms with van der Waals surface area (Å²) < 4.78 is 0. The smallest absolute Gasteiger partial charge is 0.227 e. The average Bonchev–Trinajstić information content (AvgIpc) is 2.95. The van der Waals surface area contributed by atoms with Crippen molar-refractivity contribution in [2.24, 2.45) is 5.92 Å². The highest BCUT2D eigenvalue weighted by molar-refractivity contribution is 6.01. The van der Waals surface area contributed by atoms with Gasteiger partial charge in [0.1, 0.15) is 0 Å². The zero-order valence-electron chi connectivity index (χ0n) is 15.9. The molecule has 0 aliphatic carbocycles. The number of aryl methyl sites for hydroxylation is 4. The largest absolute Gasteiger partial charge is 0.352 e. The lowest BCUT2D eigenvalue weighted by Crippen LogP contribution is -2.33. The summed E-state index contributed by atoms with van der Waals surface area (Å²) in [5.41, 5.74) is 6.56. The molecule has 26 heavy (non-hydrogen) atoms. The number of anilines is 1. The monoisotopic (exact) mass is 350 g/mol. The standard InChI is InChI=1S/C22H26N2O2/c1-14-9-16(3)21(17(4)10-14)24-13-19(11-20(24)25)22(26)23-12-18-8-6-5-7-15(18)2/h5-10,19H,11-13H2,1-4H3,(H,23,26). The summed E-state index contributed by atoms with van der Waals surface area (Å²) in [5, 5.41) is 2.99. The van der Waals surface area contributed by atoms with Gasteiger partial charge in [-0.05, 0) is 49.9 Å². The Bertz CT molecular complexity index is 834. The third-order valence-electron chi connectivity index (χ3n) is 5.12. The van der Waals surface area contributed by atoms with Gasteiger partial charge in [-0.3, -0.25) is 9.59 Å². The van der Waals surface area contributed by atoms with Crippen LogP contribution in [0, 0.1) is 33.6 Å². The summed E-state index contributed by atoms with van der Waals surface area (Å²) in [6.45, 7) is 9.08. The molecule has 2 aromatic rings. The van der Waals surface area contributed by atoms with Gasteiger partial charge in [-0.15, -0.1) is 0 Å². The van der Waals surface area contributed by atoms with E-state index in [1.807, 2.05) is 45.0 Å². The Morgan fingerprint density at radius 2 is 1.73 bits per heavy atom. The van der Waals surface area contributed by atoms with Gasteiger partial charge >= 0.3 is 0 Å². The van der Waals surface area contributed by atoms with Crippen LogP contribution in [0.15, 0.2) is 36.4 Å². The van der Waals surface area contributed by atoms with E-state index >= 15 is 0 Å². The second-order valence-electron chi connectivity index (χ2n) is 7.30. The number of amides is 2. The molecule has 1 unspecified atom stereocenters. The zero-order valence-corrected chi connectivity index (χ0v) is 15.9. The molecule has 0 bridgehead atoms.